The van der Waals surface area contributed by atoms with Gasteiger partial charge in [-0.05, 0) is 51.5 Å². The first-order chi connectivity index (χ1) is 15.8. The average molecular weight is 468 g/mol. The largest absolute Gasteiger partial charge is 0.481 e. The number of nitrogens with one attached hydrogen (secondary N) is 1. The Labute approximate surface area is 198 Å². The molecule has 33 heavy (non-hydrogen) atoms. The maximum atomic E-state index is 12.7. The lowest BCUT2D eigenvalue weighted by molar-refractivity contribution is -0.00523. The maximum absolute atomic E-state index is 12.7. The number of anilines is 1. The van der Waals surface area contributed by atoms with E-state index in [2.05, 4.69) is 46.2 Å². The minimum atomic E-state index is -0.273. The summed E-state index contributed by atoms with van der Waals surface area (Å²) in [6, 6.07) is 9.24. The van der Waals surface area contributed by atoms with E-state index in [1.54, 1.807) is 29.5 Å². The third kappa shape index (κ3) is 5.48. The second kappa shape index (κ2) is 9.84. The molecule has 0 spiro atoms. The van der Waals surface area contributed by atoms with Gasteiger partial charge in [-0.25, -0.2) is 9.97 Å². The first-order valence-corrected chi connectivity index (χ1v) is 11.8. The van der Waals surface area contributed by atoms with E-state index in [1.807, 2.05) is 13.8 Å². The van der Waals surface area contributed by atoms with Crippen LogP contribution in [0.2, 0.25) is 0 Å². The summed E-state index contributed by atoms with van der Waals surface area (Å²) in [5.74, 6) is 0.127. The molecule has 0 unspecified atom stereocenters. The van der Waals surface area contributed by atoms with Crippen LogP contribution in [0.4, 0.5) is 5.13 Å². The molecule has 0 aliphatic carbocycles. The molecular weight excluding hydrogens is 438 g/mol. The van der Waals surface area contributed by atoms with Crippen LogP contribution in [0.5, 0.6) is 5.88 Å². The predicted molar refractivity (Wildman–Crippen MR) is 129 cm³/mol. The van der Waals surface area contributed by atoms with Crippen molar-refractivity contribution in [1.29, 1.82) is 0 Å². The van der Waals surface area contributed by atoms with Crippen LogP contribution in [0.3, 0.4) is 0 Å². The van der Waals surface area contributed by atoms with Gasteiger partial charge in [-0.15, -0.1) is 0 Å². The van der Waals surface area contributed by atoms with Crippen molar-refractivity contribution in [2.45, 2.75) is 46.4 Å². The van der Waals surface area contributed by atoms with E-state index < -0.39 is 0 Å². The van der Waals surface area contributed by atoms with Gasteiger partial charge >= 0.3 is 0 Å². The average Bonchev–Trinajstić information content (AvgIpc) is 3.20. The van der Waals surface area contributed by atoms with Crippen LogP contribution in [-0.2, 0) is 11.3 Å². The Bertz CT molecular complexity index is 1120. The third-order valence-corrected chi connectivity index (χ3v) is 6.51. The molecule has 0 saturated carbocycles. The molecule has 3 aromatic rings. The number of amides is 1. The first-order valence-electron chi connectivity index (χ1n) is 11.0. The van der Waals surface area contributed by atoms with E-state index in [4.69, 9.17) is 14.5 Å². The van der Waals surface area contributed by atoms with Crippen molar-refractivity contribution in [2.75, 3.05) is 25.1 Å². The lowest BCUT2D eigenvalue weighted by atomic mass is 10.1. The normalized spacial score (nSPS) is 18.3. The molecule has 2 atom stereocenters. The molecule has 0 bridgehead atoms. The number of nitrogens with zero attached hydrogens (tertiary/aromatic N) is 4. The van der Waals surface area contributed by atoms with Gasteiger partial charge in [0.15, 0.2) is 5.13 Å². The van der Waals surface area contributed by atoms with Crippen LogP contribution in [0.15, 0.2) is 30.3 Å². The molecule has 3 aromatic heterocycles. The fourth-order valence-corrected chi connectivity index (χ4v) is 5.12. The minimum Gasteiger partial charge on any atom is -0.481 e. The Morgan fingerprint density at radius 1 is 1.15 bits per heavy atom. The minimum absolute atomic E-state index is 0.133. The monoisotopic (exact) mass is 467 g/mol. The van der Waals surface area contributed by atoms with Crippen molar-refractivity contribution in [2.24, 2.45) is 0 Å². The van der Waals surface area contributed by atoms with Crippen LogP contribution in [0.1, 0.15) is 41.4 Å². The molecule has 1 aliphatic rings. The zero-order chi connectivity index (χ0) is 23.5. The molecule has 1 fully saturated rings. The Kier molecular flexibility index (Phi) is 6.90. The van der Waals surface area contributed by atoms with E-state index in [0.717, 1.165) is 45.7 Å². The molecule has 4 rings (SSSR count). The highest BCUT2D eigenvalue weighted by molar-refractivity contribution is 7.19. The topological polar surface area (TPSA) is 89.5 Å². The molecule has 174 valence electrons. The number of hydrogen-bond acceptors (Lipinski definition) is 8. The number of hydrogen-bond donors (Lipinski definition) is 1. The van der Waals surface area contributed by atoms with E-state index in [9.17, 15) is 4.79 Å². The summed E-state index contributed by atoms with van der Waals surface area (Å²) < 4.78 is 11.0. The van der Waals surface area contributed by atoms with Gasteiger partial charge < -0.3 is 19.7 Å². The molecule has 0 radical (unpaired) electrons. The number of pyridine rings is 2. The Morgan fingerprint density at radius 3 is 2.52 bits per heavy atom. The Hall–Kier alpha value is -3.04. The summed E-state index contributed by atoms with van der Waals surface area (Å²) in [5, 5.41) is 3.90. The van der Waals surface area contributed by atoms with Crippen molar-refractivity contribution in [3.8, 4) is 16.3 Å². The lowest BCUT2D eigenvalue weighted by Gasteiger charge is -2.35. The number of carbonyl (C=O) groups excluding carboxylic acids is 1. The van der Waals surface area contributed by atoms with Crippen molar-refractivity contribution in [3.63, 3.8) is 0 Å². The molecule has 1 amide bonds. The van der Waals surface area contributed by atoms with Crippen LogP contribution in [0, 0.1) is 13.8 Å². The molecule has 1 aliphatic heterocycles. The number of morpholine rings is 1. The standard InChI is InChI=1S/C24H29N5O3S/c1-14-9-18(10-15(2)26-14)22-20(11-25-23(30)19-7-6-8-21(27-19)31-5)28-24(33-22)29-12-16(3)32-17(4)13-29/h6-10,16-17H,11-13H2,1-5H3,(H,25,30)/t16-,17+. The van der Waals surface area contributed by atoms with Gasteiger partial charge in [-0.1, -0.05) is 17.4 Å². The van der Waals surface area contributed by atoms with Gasteiger partial charge in [0.25, 0.3) is 5.91 Å². The lowest BCUT2D eigenvalue weighted by Crippen LogP contribution is -2.45. The quantitative estimate of drug-likeness (QED) is 0.590. The van der Waals surface area contributed by atoms with Gasteiger partial charge in [0, 0.05) is 30.5 Å². The third-order valence-electron chi connectivity index (χ3n) is 5.30. The van der Waals surface area contributed by atoms with Crippen molar-refractivity contribution < 1.29 is 14.3 Å². The second-order valence-corrected chi connectivity index (χ2v) is 9.30. The zero-order valence-electron chi connectivity index (χ0n) is 19.6. The van der Waals surface area contributed by atoms with Crippen molar-refractivity contribution in [1.82, 2.24) is 20.3 Å². The highest BCUT2D eigenvalue weighted by atomic mass is 32.1. The molecule has 1 saturated heterocycles. The van der Waals surface area contributed by atoms with E-state index in [1.165, 1.54) is 7.11 Å². The molecule has 4 heterocycles. The summed E-state index contributed by atoms with van der Waals surface area (Å²) in [7, 11) is 1.53. The predicted octanol–water partition coefficient (Wildman–Crippen LogP) is 3.77. The van der Waals surface area contributed by atoms with Crippen LogP contribution in [-0.4, -0.2) is 53.3 Å². The van der Waals surface area contributed by atoms with Crippen molar-refractivity contribution >= 4 is 22.4 Å². The number of aryl methyl sites for hydroxylation is 2. The zero-order valence-corrected chi connectivity index (χ0v) is 20.4. The number of carbonyl (C=O) groups is 1. The van der Waals surface area contributed by atoms with Crippen LogP contribution >= 0.6 is 11.3 Å². The molecule has 8 nitrogen and oxygen atoms in total. The molecule has 0 aromatic carbocycles. The Morgan fingerprint density at radius 2 is 1.85 bits per heavy atom. The number of aromatic nitrogens is 3. The highest BCUT2D eigenvalue weighted by Gasteiger charge is 2.26. The summed E-state index contributed by atoms with van der Waals surface area (Å²) >= 11 is 1.64. The number of methoxy groups -OCH3 is 1. The van der Waals surface area contributed by atoms with Crippen LogP contribution in [0.25, 0.3) is 10.4 Å². The SMILES string of the molecule is COc1cccc(C(=O)NCc2nc(N3C[C@@H](C)O[C@@H](C)C3)sc2-c2cc(C)nc(C)c2)n1. The van der Waals surface area contributed by atoms with Gasteiger partial charge in [-0.3, -0.25) is 9.78 Å². The van der Waals surface area contributed by atoms with E-state index >= 15 is 0 Å². The summed E-state index contributed by atoms with van der Waals surface area (Å²) in [5.41, 5.74) is 4.08. The van der Waals surface area contributed by atoms with Gasteiger partial charge in [0.05, 0.1) is 36.4 Å². The second-order valence-electron chi connectivity index (χ2n) is 8.32. The fraction of sp³-hybridized carbons (Fsp3) is 0.417. The van der Waals surface area contributed by atoms with Crippen molar-refractivity contribution in [3.05, 3.63) is 53.1 Å². The van der Waals surface area contributed by atoms with E-state index in [-0.39, 0.29) is 18.1 Å². The maximum Gasteiger partial charge on any atom is 0.270 e. The van der Waals surface area contributed by atoms with Gasteiger partial charge in [0.1, 0.15) is 5.69 Å². The van der Waals surface area contributed by atoms with Gasteiger partial charge in [0.2, 0.25) is 5.88 Å². The molecule has 9 heteroatoms. The number of ether oxygens (including phenoxy) is 2. The summed E-state index contributed by atoms with van der Waals surface area (Å²) in [6.07, 6.45) is 0.266. The highest BCUT2D eigenvalue weighted by Crippen LogP contribution is 2.36. The Balaban J connectivity index is 1.63. The summed E-state index contributed by atoms with van der Waals surface area (Å²) in [6.45, 7) is 9.99. The summed E-state index contributed by atoms with van der Waals surface area (Å²) in [4.78, 5) is 29.7. The van der Waals surface area contributed by atoms with E-state index in [0.29, 0.717) is 18.1 Å². The smallest absolute Gasteiger partial charge is 0.270 e. The number of rotatable bonds is 6. The molecular formula is C24H29N5O3S. The fourth-order valence-electron chi connectivity index (χ4n) is 4.03. The van der Waals surface area contributed by atoms with Gasteiger partial charge in [-0.2, -0.15) is 0 Å². The number of thiazole rings is 1. The van der Waals surface area contributed by atoms with Crippen LogP contribution < -0.4 is 15.0 Å². The molecule has 1 N–H and O–H groups in total. The first kappa shape index (κ1) is 23.1.